The highest BCUT2D eigenvalue weighted by molar-refractivity contribution is 5.94. The number of halogens is 3. The summed E-state index contributed by atoms with van der Waals surface area (Å²) in [6.45, 7) is 3.64. The molecule has 1 N–H and O–H groups in total. The molecule has 0 aromatic heterocycles. The van der Waals surface area contributed by atoms with Crippen LogP contribution in [0, 0.1) is 0 Å². The van der Waals surface area contributed by atoms with Gasteiger partial charge in [0, 0.05) is 5.69 Å². The zero-order valence-electron chi connectivity index (χ0n) is 13.0. The van der Waals surface area contributed by atoms with Crippen LogP contribution in [0.25, 0.3) is 0 Å². The third-order valence-electron chi connectivity index (χ3n) is 3.92. The molecular formula is C16H21F3N2O2. The van der Waals surface area contributed by atoms with Crippen molar-refractivity contribution in [2.75, 3.05) is 18.4 Å². The van der Waals surface area contributed by atoms with Gasteiger partial charge >= 0.3 is 6.36 Å². The zero-order valence-corrected chi connectivity index (χ0v) is 13.0. The number of anilines is 1. The fourth-order valence-corrected chi connectivity index (χ4v) is 2.63. The van der Waals surface area contributed by atoms with Crippen LogP contribution in [0.3, 0.4) is 0 Å². The highest BCUT2D eigenvalue weighted by atomic mass is 19.4. The fourth-order valence-electron chi connectivity index (χ4n) is 2.63. The molecule has 1 unspecified atom stereocenters. The molecular weight excluding hydrogens is 309 g/mol. The van der Waals surface area contributed by atoms with Crippen LogP contribution in [0.1, 0.15) is 32.6 Å². The van der Waals surface area contributed by atoms with E-state index in [0.29, 0.717) is 5.69 Å². The van der Waals surface area contributed by atoms with E-state index in [1.54, 1.807) is 0 Å². The number of benzene rings is 1. The van der Waals surface area contributed by atoms with Crippen molar-refractivity contribution in [3.05, 3.63) is 24.3 Å². The number of nitrogens with one attached hydrogen (secondary N) is 1. The number of hydrogen-bond acceptors (Lipinski definition) is 3. The second-order valence-electron chi connectivity index (χ2n) is 5.69. The Morgan fingerprint density at radius 1 is 1.13 bits per heavy atom. The minimum atomic E-state index is -4.72. The van der Waals surface area contributed by atoms with Gasteiger partial charge in [0.25, 0.3) is 0 Å². The third kappa shape index (κ3) is 5.74. The van der Waals surface area contributed by atoms with Crippen LogP contribution in [0.4, 0.5) is 18.9 Å². The van der Waals surface area contributed by atoms with E-state index in [1.807, 2.05) is 6.92 Å². The Labute approximate surface area is 133 Å². The van der Waals surface area contributed by atoms with Gasteiger partial charge in [-0.2, -0.15) is 0 Å². The third-order valence-corrected chi connectivity index (χ3v) is 3.92. The molecule has 0 saturated carbocycles. The van der Waals surface area contributed by atoms with Crippen molar-refractivity contribution in [2.24, 2.45) is 0 Å². The van der Waals surface area contributed by atoms with Gasteiger partial charge in [-0.05, 0) is 57.1 Å². The summed E-state index contributed by atoms with van der Waals surface area (Å²) < 4.78 is 40.1. The van der Waals surface area contributed by atoms with E-state index >= 15 is 0 Å². The summed E-state index contributed by atoms with van der Waals surface area (Å²) in [4.78, 5) is 14.4. The van der Waals surface area contributed by atoms with Crippen LogP contribution in [-0.4, -0.2) is 36.3 Å². The number of amides is 1. The van der Waals surface area contributed by atoms with Gasteiger partial charge in [-0.3, -0.25) is 9.69 Å². The summed E-state index contributed by atoms with van der Waals surface area (Å²) in [6, 6.07) is 4.89. The van der Waals surface area contributed by atoms with E-state index in [-0.39, 0.29) is 17.7 Å². The molecule has 0 bridgehead atoms. The smallest absolute Gasteiger partial charge is 0.406 e. The van der Waals surface area contributed by atoms with Crippen molar-refractivity contribution in [3.63, 3.8) is 0 Å². The largest absolute Gasteiger partial charge is 0.573 e. The molecule has 4 nitrogen and oxygen atoms in total. The summed E-state index contributed by atoms with van der Waals surface area (Å²) in [7, 11) is 0. The van der Waals surface area contributed by atoms with Crippen molar-refractivity contribution in [2.45, 2.75) is 45.0 Å². The van der Waals surface area contributed by atoms with Crippen LogP contribution in [-0.2, 0) is 4.79 Å². The maximum absolute atomic E-state index is 12.3. The van der Waals surface area contributed by atoms with E-state index in [2.05, 4.69) is 15.0 Å². The molecule has 2 rings (SSSR count). The summed E-state index contributed by atoms with van der Waals surface area (Å²) in [5.41, 5.74) is 0.450. The van der Waals surface area contributed by atoms with Crippen molar-refractivity contribution >= 4 is 11.6 Å². The molecule has 128 valence electrons. The first-order valence-electron chi connectivity index (χ1n) is 7.76. The van der Waals surface area contributed by atoms with Crippen LogP contribution in [0.5, 0.6) is 5.75 Å². The normalized spacial score (nSPS) is 18.1. The Morgan fingerprint density at radius 2 is 1.70 bits per heavy atom. The predicted molar refractivity (Wildman–Crippen MR) is 81.3 cm³/mol. The molecule has 1 atom stereocenters. The lowest BCUT2D eigenvalue weighted by atomic mass is 10.2. The zero-order chi connectivity index (χ0) is 16.9. The Bertz CT molecular complexity index is 509. The summed E-state index contributed by atoms with van der Waals surface area (Å²) in [5.74, 6) is -0.465. The molecule has 1 fully saturated rings. The second-order valence-corrected chi connectivity index (χ2v) is 5.69. The number of alkyl halides is 3. The Morgan fingerprint density at radius 3 is 2.22 bits per heavy atom. The number of nitrogens with zero attached hydrogens (tertiary/aromatic N) is 1. The molecule has 7 heteroatoms. The van der Waals surface area contributed by atoms with Gasteiger partial charge in [0.1, 0.15) is 5.75 Å². The number of ether oxygens (including phenoxy) is 1. The van der Waals surface area contributed by atoms with E-state index in [9.17, 15) is 18.0 Å². The molecule has 1 aromatic carbocycles. The minimum absolute atomic E-state index is 0.156. The van der Waals surface area contributed by atoms with Gasteiger partial charge in [0.05, 0.1) is 6.04 Å². The topological polar surface area (TPSA) is 41.6 Å². The number of carbonyl (C=O) groups is 1. The van der Waals surface area contributed by atoms with Crippen LogP contribution >= 0.6 is 0 Å². The van der Waals surface area contributed by atoms with Gasteiger partial charge in [-0.1, -0.05) is 12.8 Å². The van der Waals surface area contributed by atoms with Crippen LogP contribution < -0.4 is 10.1 Å². The molecule has 1 heterocycles. The standard InChI is InChI=1S/C16H21F3N2O2/c1-12(21-10-4-2-3-5-11-21)15(22)20-13-6-8-14(9-7-13)23-16(17,18)19/h6-9,12H,2-5,10-11H2,1H3,(H,20,22). The molecule has 1 aromatic rings. The molecule has 23 heavy (non-hydrogen) atoms. The maximum atomic E-state index is 12.3. The Hall–Kier alpha value is -1.76. The molecule has 0 radical (unpaired) electrons. The van der Waals surface area contributed by atoms with Gasteiger partial charge in [0.15, 0.2) is 0 Å². The van der Waals surface area contributed by atoms with E-state index in [0.717, 1.165) is 25.9 Å². The summed E-state index contributed by atoms with van der Waals surface area (Å²) in [6.07, 6.45) is -0.175. The quantitative estimate of drug-likeness (QED) is 0.913. The van der Waals surface area contributed by atoms with Crippen molar-refractivity contribution in [1.29, 1.82) is 0 Å². The number of carbonyl (C=O) groups excluding carboxylic acids is 1. The van der Waals surface area contributed by atoms with Gasteiger partial charge in [-0.15, -0.1) is 13.2 Å². The average molecular weight is 330 g/mol. The summed E-state index contributed by atoms with van der Waals surface area (Å²) in [5, 5.41) is 2.73. The number of likely N-dealkylation sites (tertiary alicyclic amines) is 1. The van der Waals surface area contributed by atoms with Gasteiger partial charge in [0.2, 0.25) is 5.91 Å². The van der Waals surface area contributed by atoms with E-state index in [1.165, 1.54) is 37.1 Å². The molecule has 0 spiro atoms. The maximum Gasteiger partial charge on any atom is 0.573 e. The fraction of sp³-hybridized carbons (Fsp3) is 0.562. The lowest BCUT2D eigenvalue weighted by Gasteiger charge is -2.26. The second kappa shape index (κ2) is 7.68. The SMILES string of the molecule is CC(C(=O)Nc1ccc(OC(F)(F)F)cc1)N1CCCCCC1. The van der Waals surface area contributed by atoms with Crippen molar-refractivity contribution in [1.82, 2.24) is 4.90 Å². The first kappa shape index (κ1) is 17.6. The van der Waals surface area contributed by atoms with Crippen molar-refractivity contribution < 1.29 is 22.7 Å². The Balaban J connectivity index is 1.91. The lowest BCUT2D eigenvalue weighted by molar-refractivity contribution is -0.274. The van der Waals surface area contributed by atoms with E-state index < -0.39 is 6.36 Å². The molecule has 1 saturated heterocycles. The average Bonchev–Trinajstić information content (AvgIpc) is 2.76. The monoisotopic (exact) mass is 330 g/mol. The van der Waals surface area contributed by atoms with E-state index in [4.69, 9.17) is 0 Å². The molecule has 0 aliphatic carbocycles. The van der Waals surface area contributed by atoms with Gasteiger partial charge in [-0.25, -0.2) is 0 Å². The molecule has 1 amide bonds. The van der Waals surface area contributed by atoms with Gasteiger partial charge < -0.3 is 10.1 Å². The minimum Gasteiger partial charge on any atom is -0.406 e. The Kier molecular flexibility index (Phi) is 5.87. The lowest BCUT2D eigenvalue weighted by Crippen LogP contribution is -2.42. The number of rotatable bonds is 4. The highest BCUT2D eigenvalue weighted by Gasteiger charge is 2.31. The first-order valence-corrected chi connectivity index (χ1v) is 7.76. The van der Waals surface area contributed by atoms with Crippen LogP contribution in [0.2, 0.25) is 0 Å². The first-order chi connectivity index (χ1) is 10.8. The van der Waals surface area contributed by atoms with Crippen LogP contribution in [0.15, 0.2) is 24.3 Å². The number of hydrogen-bond donors (Lipinski definition) is 1. The molecule has 1 aliphatic heterocycles. The highest BCUT2D eigenvalue weighted by Crippen LogP contribution is 2.24. The van der Waals surface area contributed by atoms with Crippen molar-refractivity contribution in [3.8, 4) is 5.75 Å². The predicted octanol–water partition coefficient (Wildman–Crippen LogP) is 3.79. The molecule has 1 aliphatic rings. The summed E-state index contributed by atoms with van der Waals surface area (Å²) >= 11 is 0.